The molecule has 1 atom stereocenters. The SMILES string of the molecule is CC[C@H](O)C#CCN1CCOCC1. The zero-order valence-electron chi connectivity index (χ0n) is 8.12. The Morgan fingerprint density at radius 3 is 2.77 bits per heavy atom. The van der Waals surface area contributed by atoms with Crippen molar-refractivity contribution in [3.63, 3.8) is 0 Å². The molecule has 1 heterocycles. The lowest BCUT2D eigenvalue weighted by Gasteiger charge is -2.24. The summed E-state index contributed by atoms with van der Waals surface area (Å²) >= 11 is 0. The van der Waals surface area contributed by atoms with Crippen LogP contribution < -0.4 is 0 Å². The Hall–Kier alpha value is -0.560. The third kappa shape index (κ3) is 4.28. The Labute approximate surface area is 79.7 Å². The number of aliphatic hydroxyl groups excluding tert-OH is 1. The van der Waals surface area contributed by atoms with Gasteiger partial charge in [-0.2, -0.15) is 0 Å². The van der Waals surface area contributed by atoms with Gasteiger partial charge in [-0.1, -0.05) is 18.8 Å². The Kier molecular flexibility index (Phi) is 4.84. The minimum absolute atomic E-state index is 0.457. The number of nitrogens with zero attached hydrogens (tertiary/aromatic N) is 1. The van der Waals surface area contributed by atoms with Gasteiger partial charge in [-0.25, -0.2) is 0 Å². The van der Waals surface area contributed by atoms with Gasteiger partial charge in [0.1, 0.15) is 6.10 Å². The van der Waals surface area contributed by atoms with Crippen molar-refractivity contribution in [2.45, 2.75) is 19.4 Å². The third-order valence-electron chi connectivity index (χ3n) is 2.06. The summed E-state index contributed by atoms with van der Waals surface area (Å²) < 4.78 is 5.21. The normalized spacial score (nSPS) is 20.5. The summed E-state index contributed by atoms with van der Waals surface area (Å²) in [6, 6.07) is 0. The molecule has 3 heteroatoms. The van der Waals surface area contributed by atoms with Crippen molar-refractivity contribution < 1.29 is 9.84 Å². The Morgan fingerprint density at radius 2 is 2.15 bits per heavy atom. The third-order valence-corrected chi connectivity index (χ3v) is 2.06. The molecule has 0 aromatic heterocycles. The smallest absolute Gasteiger partial charge is 0.114 e. The van der Waals surface area contributed by atoms with Gasteiger partial charge < -0.3 is 9.84 Å². The van der Waals surface area contributed by atoms with Crippen molar-refractivity contribution in [3.8, 4) is 11.8 Å². The van der Waals surface area contributed by atoms with Gasteiger partial charge in [-0.05, 0) is 6.42 Å². The summed E-state index contributed by atoms with van der Waals surface area (Å²) in [6.45, 7) is 6.19. The summed E-state index contributed by atoms with van der Waals surface area (Å²) in [7, 11) is 0. The number of hydrogen-bond donors (Lipinski definition) is 1. The largest absolute Gasteiger partial charge is 0.380 e. The van der Waals surface area contributed by atoms with Gasteiger partial charge in [0.15, 0.2) is 0 Å². The molecule has 0 saturated carbocycles. The van der Waals surface area contributed by atoms with Crippen molar-refractivity contribution in [2.75, 3.05) is 32.8 Å². The minimum Gasteiger partial charge on any atom is -0.380 e. The molecule has 1 N–H and O–H groups in total. The van der Waals surface area contributed by atoms with Crippen molar-refractivity contribution in [1.82, 2.24) is 4.90 Å². The molecule has 74 valence electrons. The van der Waals surface area contributed by atoms with E-state index in [1.165, 1.54) is 0 Å². The fourth-order valence-electron chi connectivity index (χ4n) is 1.14. The van der Waals surface area contributed by atoms with Crippen molar-refractivity contribution >= 4 is 0 Å². The maximum atomic E-state index is 9.17. The van der Waals surface area contributed by atoms with Crippen LogP contribution in [0.15, 0.2) is 0 Å². The molecule has 0 unspecified atom stereocenters. The Bertz CT molecular complexity index is 189. The summed E-state index contributed by atoms with van der Waals surface area (Å²) in [5.41, 5.74) is 0. The molecule has 0 bridgehead atoms. The number of rotatable bonds is 2. The van der Waals surface area contributed by atoms with Crippen LogP contribution in [0.25, 0.3) is 0 Å². The van der Waals surface area contributed by atoms with Gasteiger partial charge in [0.2, 0.25) is 0 Å². The summed E-state index contributed by atoms with van der Waals surface area (Å²) in [6.07, 6.45) is 0.247. The summed E-state index contributed by atoms with van der Waals surface area (Å²) in [5, 5.41) is 9.17. The van der Waals surface area contributed by atoms with Gasteiger partial charge in [0.25, 0.3) is 0 Å². The Balaban J connectivity index is 2.18. The predicted octanol–water partition coefficient (Wildman–Crippen LogP) is 0.0929. The molecule has 0 aromatic rings. The van der Waals surface area contributed by atoms with E-state index < -0.39 is 6.10 Å². The highest BCUT2D eigenvalue weighted by molar-refractivity contribution is 5.05. The predicted molar refractivity (Wildman–Crippen MR) is 51.3 cm³/mol. The van der Waals surface area contributed by atoms with Gasteiger partial charge in [0.05, 0.1) is 19.8 Å². The molecule has 1 aliphatic rings. The number of ether oxygens (including phenoxy) is 1. The molecule has 3 nitrogen and oxygen atoms in total. The molecule has 0 aliphatic carbocycles. The monoisotopic (exact) mass is 183 g/mol. The van der Waals surface area contributed by atoms with E-state index in [1.807, 2.05) is 6.92 Å². The van der Waals surface area contributed by atoms with Gasteiger partial charge in [-0.3, -0.25) is 4.90 Å². The second kappa shape index (κ2) is 5.98. The zero-order chi connectivity index (χ0) is 9.52. The van der Waals surface area contributed by atoms with Crippen LogP contribution in [0.3, 0.4) is 0 Å². The van der Waals surface area contributed by atoms with Gasteiger partial charge >= 0.3 is 0 Å². The molecule has 1 saturated heterocycles. The van der Waals surface area contributed by atoms with Crippen LogP contribution in [0, 0.1) is 11.8 Å². The second-order valence-corrected chi connectivity index (χ2v) is 3.13. The first kappa shape index (κ1) is 10.5. The number of hydrogen-bond acceptors (Lipinski definition) is 3. The average Bonchev–Trinajstić information content (AvgIpc) is 2.19. The van der Waals surface area contributed by atoms with Crippen LogP contribution in [-0.2, 0) is 4.74 Å². The van der Waals surface area contributed by atoms with Crippen molar-refractivity contribution in [1.29, 1.82) is 0 Å². The zero-order valence-corrected chi connectivity index (χ0v) is 8.12. The van der Waals surface area contributed by atoms with Crippen molar-refractivity contribution in [3.05, 3.63) is 0 Å². The van der Waals surface area contributed by atoms with Crippen LogP contribution in [0.4, 0.5) is 0 Å². The van der Waals surface area contributed by atoms with Crippen LogP contribution in [-0.4, -0.2) is 49.0 Å². The number of morpholine rings is 1. The van der Waals surface area contributed by atoms with Gasteiger partial charge in [0, 0.05) is 13.1 Å². The van der Waals surface area contributed by atoms with E-state index in [1.54, 1.807) is 0 Å². The molecule has 0 amide bonds. The molecule has 0 aromatic carbocycles. The summed E-state index contributed by atoms with van der Waals surface area (Å²) in [5.74, 6) is 5.78. The molecular formula is C10H17NO2. The lowest BCUT2D eigenvalue weighted by atomic mass is 10.3. The first-order valence-electron chi connectivity index (χ1n) is 4.79. The van der Waals surface area contributed by atoms with Crippen LogP contribution in [0.1, 0.15) is 13.3 Å². The average molecular weight is 183 g/mol. The summed E-state index contributed by atoms with van der Waals surface area (Å²) in [4.78, 5) is 2.24. The van der Waals surface area contributed by atoms with E-state index >= 15 is 0 Å². The maximum Gasteiger partial charge on any atom is 0.114 e. The van der Waals surface area contributed by atoms with E-state index in [9.17, 15) is 5.11 Å². The van der Waals surface area contributed by atoms with E-state index in [0.717, 1.165) is 32.8 Å². The fourth-order valence-corrected chi connectivity index (χ4v) is 1.14. The van der Waals surface area contributed by atoms with Crippen molar-refractivity contribution in [2.24, 2.45) is 0 Å². The number of aliphatic hydroxyl groups is 1. The highest BCUT2D eigenvalue weighted by atomic mass is 16.5. The molecule has 0 spiro atoms. The van der Waals surface area contributed by atoms with Crippen LogP contribution in [0.5, 0.6) is 0 Å². The maximum absolute atomic E-state index is 9.17. The second-order valence-electron chi connectivity index (χ2n) is 3.13. The highest BCUT2D eigenvalue weighted by Gasteiger charge is 2.07. The molecule has 13 heavy (non-hydrogen) atoms. The lowest BCUT2D eigenvalue weighted by Crippen LogP contribution is -2.36. The quantitative estimate of drug-likeness (QED) is 0.616. The van der Waals surface area contributed by atoms with Gasteiger partial charge in [-0.15, -0.1) is 0 Å². The standard InChI is InChI=1S/C10H17NO2/c1-2-10(12)4-3-5-11-6-8-13-9-7-11/h10,12H,2,5-9H2,1H3/t10-/m0/s1. The van der Waals surface area contributed by atoms with E-state index in [0.29, 0.717) is 6.42 Å². The first-order chi connectivity index (χ1) is 6.33. The topological polar surface area (TPSA) is 32.7 Å². The fraction of sp³-hybridized carbons (Fsp3) is 0.800. The lowest BCUT2D eigenvalue weighted by molar-refractivity contribution is 0.0443. The molecule has 1 aliphatic heterocycles. The molecule has 1 rings (SSSR count). The Morgan fingerprint density at radius 1 is 1.46 bits per heavy atom. The highest BCUT2D eigenvalue weighted by Crippen LogP contribution is 1.94. The van der Waals surface area contributed by atoms with E-state index in [2.05, 4.69) is 16.7 Å². The van der Waals surface area contributed by atoms with Crippen LogP contribution in [0.2, 0.25) is 0 Å². The minimum atomic E-state index is -0.457. The first-order valence-corrected chi connectivity index (χ1v) is 4.79. The van der Waals surface area contributed by atoms with E-state index in [4.69, 9.17) is 4.74 Å². The van der Waals surface area contributed by atoms with Crippen LogP contribution >= 0.6 is 0 Å². The molecule has 0 radical (unpaired) electrons. The van der Waals surface area contributed by atoms with E-state index in [-0.39, 0.29) is 0 Å². The molecule has 1 fully saturated rings. The molecular weight excluding hydrogens is 166 g/mol.